The van der Waals surface area contributed by atoms with Gasteiger partial charge in [0.2, 0.25) is 0 Å². The highest BCUT2D eigenvalue weighted by molar-refractivity contribution is 7.99. The third-order valence-corrected chi connectivity index (χ3v) is 3.82. The van der Waals surface area contributed by atoms with Gasteiger partial charge >= 0.3 is 0 Å². The monoisotopic (exact) mass is 362 g/mol. The van der Waals surface area contributed by atoms with Crippen molar-refractivity contribution >= 4 is 23.4 Å². The standard InChI is InChI=1S/C15H8ClFN4O2S/c16-11-5-6-14(19-12(11)7-18)24-15-21-20-13(23-15)8-22-10-3-1-9(17)2-4-10/h1-6H,8H2. The first-order valence-corrected chi connectivity index (χ1v) is 7.79. The van der Waals surface area contributed by atoms with E-state index in [4.69, 9.17) is 26.0 Å². The van der Waals surface area contributed by atoms with Gasteiger partial charge in [-0.1, -0.05) is 11.6 Å². The Hall–Kier alpha value is -2.63. The average molecular weight is 363 g/mol. The van der Waals surface area contributed by atoms with E-state index in [1.807, 2.05) is 6.07 Å². The van der Waals surface area contributed by atoms with Crippen LogP contribution in [0.5, 0.6) is 5.75 Å². The van der Waals surface area contributed by atoms with Crippen molar-refractivity contribution in [1.82, 2.24) is 15.2 Å². The fourth-order valence-corrected chi connectivity index (χ4v) is 2.48. The molecule has 0 atom stereocenters. The summed E-state index contributed by atoms with van der Waals surface area (Å²) in [5.74, 6) is 0.407. The van der Waals surface area contributed by atoms with Crippen molar-refractivity contribution in [2.45, 2.75) is 16.9 Å². The Kier molecular flexibility index (Phi) is 4.93. The second-order valence-electron chi connectivity index (χ2n) is 4.40. The molecule has 0 aliphatic heterocycles. The van der Waals surface area contributed by atoms with E-state index in [1.165, 1.54) is 24.3 Å². The molecule has 0 saturated carbocycles. The van der Waals surface area contributed by atoms with Crippen LogP contribution in [0, 0.1) is 17.1 Å². The Labute approximate surface area is 145 Å². The van der Waals surface area contributed by atoms with Gasteiger partial charge in [0.05, 0.1) is 5.02 Å². The Morgan fingerprint density at radius 2 is 2.00 bits per heavy atom. The Balaban J connectivity index is 1.63. The second-order valence-corrected chi connectivity index (χ2v) is 5.78. The lowest BCUT2D eigenvalue weighted by Gasteiger charge is -2.02. The Bertz CT molecular complexity index is 895. The number of benzene rings is 1. The lowest BCUT2D eigenvalue weighted by molar-refractivity contribution is 0.252. The van der Waals surface area contributed by atoms with Crippen LogP contribution in [-0.4, -0.2) is 15.2 Å². The normalized spacial score (nSPS) is 10.4. The van der Waals surface area contributed by atoms with Gasteiger partial charge < -0.3 is 9.15 Å². The van der Waals surface area contributed by atoms with Crippen molar-refractivity contribution in [2.24, 2.45) is 0 Å². The van der Waals surface area contributed by atoms with E-state index in [1.54, 1.807) is 12.1 Å². The van der Waals surface area contributed by atoms with E-state index in [0.29, 0.717) is 10.8 Å². The van der Waals surface area contributed by atoms with Crippen LogP contribution >= 0.6 is 23.4 Å². The molecule has 0 N–H and O–H groups in total. The largest absolute Gasteiger partial charge is 0.484 e. The van der Waals surface area contributed by atoms with Crippen molar-refractivity contribution in [3.8, 4) is 11.8 Å². The number of aromatic nitrogens is 3. The molecule has 2 heterocycles. The molecule has 24 heavy (non-hydrogen) atoms. The van der Waals surface area contributed by atoms with Crippen molar-refractivity contribution < 1.29 is 13.5 Å². The molecule has 0 spiro atoms. The highest BCUT2D eigenvalue weighted by Crippen LogP contribution is 2.27. The number of hydrogen-bond acceptors (Lipinski definition) is 7. The first kappa shape index (κ1) is 16.2. The fraction of sp³-hybridized carbons (Fsp3) is 0.0667. The molecule has 0 amide bonds. The molecule has 0 aliphatic rings. The van der Waals surface area contributed by atoms with Crippen molar-refractivity contribution in [3.63, 3.8) is 0 Å². The number of nitrogens with zero attached hydrogens (tertiary/aromatic N) is 4. The van der Waals surface area contributed by atoms with Gasteiger partial charge in [0.15, 0.2) is 12.3 Å². The van der Waals surface area contributed by atoms with Crippen LogP contribution in [0.2, 0.25) is 5.02 Å². The van der Waals surface area contributed by atoms with E-state index >= 15 is 0 Å². The Morgan fingerprint density at radius 3 is 2.75 bits per heavy atom. The second kappa shape index (κ2) is 7.29. The van der Waals surface area contributed by atoms with Crippen LogP contribution in [0.25, 0.3) is 0 Å². The summed E-state index contributed by atoms with van der Waals surface area (Å²) in [6.07, 6.45) is 0. The van der Waals surface area contributed by atoms with E-state index in [9.17, 15) is 4.39 Å². The molecule has 120 valence electrons. The predicted molar refractivity (Wildman–Crippen MR) is 83.1 cm³/mol. The van der Waals surface area contributed by atoms with Gasteiger partial charge in [-0.15, -0.1) is 10.2 Å². The molecule has 1 aromatic carbocycles. The maximum Gasteiger partial charge on any atom is 0.283 e. The average Bonchev–Trinajstić information content (AvgIpc) is 3.03. The van der Waals surface area contributed by atoms with Crippen LogP contribution in [-0.2, 0) is 6.61 Å². The molecule has 6 nitrogen and oxygen atoms in total. The van der Waals surface area contributed by atoms with Crippen LogP contribution < -0.4 is 4.74 Å². The summed E-state index contributed by atoms with van der Waals surface area (Å²) in [5, 5.41) is 17.7. The first-order chi connectivity index (χ1) is 11.6. The molecule has 0 fully saturated rings. The highest BCUT2D eigenvalue weighted by atomic mass is 35.5. The zero-order chi connectivity index (χ0) is 16.9. The smallest absolute Gasteiger partial charge is 0.283 e. The minimum absolute atomic E-state index is 0.0523. The van der Waals surface area contributed by atoms with Crippen LogP contribution in [0.3, 0.4) is 0 Å². The van der Waals surface area contributed by atoms with Crippen molar-refractivity contribution in [1.29, 1.82) is 5.26 Å². The summed E-state index contributed by atoms with van der Waals surface area (Å²) >= 11 is 6.93. The lowest BCUT2D eigenvalue weighted by Crippen LogP contribution is -1.95. The van der Waals surface area contributed by atoms with Crippen LogP contribution in [0.1, 0.15) is 11.6 Å². The third-order valence-electron chi connectivity index (χ3n) is 2.74. The van der Waals surface area contributed by atoms with Gasteiger partial charge in [0.25, 0.3) is 11.1 Å². The summed E-state index contributed by atoms with van der Waals surface area (Å²) in [6.45, 7) is 0.0523. The van der Waals surface area contributed by atoms with Crippen molar-refractivity contribution in [2.75, 3.05) is 0 Å². The molecule has 3 aromatic rings. The number of halogens is 2. The zero-order valence-corrected chi connectivity index (χ0v) is 13.5. The van der Waals surface area contributed by atoms with Gasteiger partial charge in [0.1, 0.15) is 22.7 Å². The van der Waals surface area contributed by atoms with E-state index in [2.05, 4.69) is 15.2 Å². The maximum atomic E-state index is 12.8. The number of nitriles is 1. The molecule has 0 aliphatic carbocycles. The summed E-state index contributed by atoms with van der Waals surface area (Å²) < 4.78 is 23.6. The summed E-state index contributed by atoms with van der Waals surface area (Å²) in [4.78, 5) is 4.07. The molecule has 0 bridgehead atoms. The van der Waals surface area contributed by atoms with Crippen molar-refractivity contribution in [3.05, 3.63) is 58.8 Å². The Morgan fingerprint density at radius 1 is 1.21 bits per heavy atom. The highest BCUT2D eigenvalue weighted by Gasteiger charge is 2.11. The van der Waals surface area contributed by atoms with E-state index in [-0.39, 0.29) is 34.3 Å². The molecule has 9 heteroatoms. The van der Waals surface area contributed by atoms with Gasteiger partial charge in [0, 0.05) is 0 Å². The minimum atomic E-state index is -0.342. The fourth-order valence-electron chi connectivity index (χ4n) is 1.66. The molecule has 3 rings (SSSR count). The molecule has 0 radical (unpaired) electrons. The topological polar surface area (TPSA) is 84.8 Å². The van der Waals surface area contributed by atoms with Gasteiger partial charge in [-0.25, -0.2) is 9.37 Å². The molecule has 0 unspecified atom stereocenters. The minimum Gasteiger partial charge on any atom is -0.484 e. The van der Waals surface area contributed by atoms with E-state index < -0.39 is 0 Å². The van der Waals surface area contributed by atoms with Gasteiger partial charge in [-0.05, 0) is 48.2 Å². The number of ether oxygens (including phenoxy) is 1. The summed E-state index contributed by atoms with van der Waals surface area (Å²) in [6, 6.07) is 10.7. The van der Waals surface area contributed by atoms with Crippen LogP contribution in [0.4, 0.5) is 4.39 Å². The number of hydrogen-bond donors (Lipinski definition) is 0. The SMILES string of the molecule is N#Cc1nc(Sc2nnc(COc3ccc(F)cc3)o2)ccc1Cl. The number of rotatable bonds is 5. The molecule has 0 saturated heterocycles. The maximum absolute atomic E-state index is 12.8. The van der Waals surface area contributed by atoms with Crippen LogP contribution in [0.15, 0.2) is 51.1 Å². The lowest BCUT2D eigenvalue weighted by atomic mass is 10.3. The van der Waals surface area contributed by atoms with Gasteiger partial charge in [-0.2, -0.15) is 5.26 Å². The third kappa shape index (κ3) is 4.01. The summed E-state index contributed by atoms with van der Waals surface area (Å²) in [7, 11) is 0. The molecular weight excluding hydrogens is 355 g/mol. The molecular formula is C15H8ClFN4O2S. The van der Waals surface area contributed by atoms with E-state index in [0.717, 1.165) is 11.8 Å². The predicted octanol–water partition coefficient (Wildman–Crippen LogP) is 3.86. The first-order valence-electron chi connectivity index (χ1n) is 6.59. The van der Waals surface area contributed by atoms with Gasteiger partial charge in [-0.3, -0.25) is 0 Å². The summed E-state index contributed by atoms with van der Waals surface area (Å²) in [5.41, 5.74) is 0.126. The number of pyridine rings is 1. The zero-order valence-electron chi connectivity index (χ0n) is 11.9. The molecule has 2 aromatic heterocycles. The quantitative estimate of drug-likeness (QED) is 0.681.